The molecule has 2 N–H and O–H groups in total. The molecule has 3 rings (SSSR count). The van der Waals surface area contributed by atoms with Crippen LogP contribution in [-0.4, -0.2) is 35.1 Å². The topological polar surface area (TPSA) is 52.6 Å². The third-order valence-corrected chi connectivity index (χ3v) is 5.74. The van der Waals surface area contributed by atoms with E-state index >= 15 is 0 Å². The van der Waals surface area contributed by atoms with Crippen LogP contribution < -0.4 is 5.32 Å². The number of aliphatic hydroxyl groups excluding tert-OH is 1. The van der Waals surface area contributed by atoms with Crippen LogP contribution in [-0.2, 0) is 17.9 Å². The first-order valence-corrected chi connectivity index (χ1v) is 9.94. The van der Waals surface area contributed by atoms with Crippen molar-refractivity contribution in [1.29, 1.82) is 0 Å². The zero-order valence-electron chi connectivity index (χ0n) is 15.3. The first-order valence-electron chi connectivity index (χ1n) is 9.94. The minimum absolute atomic E-state index is 0.134. The van der Waals surface area contributed by atoms with Crippen LogP contribution >= 0.6 is 0 Å². The molecule has 1 aromatic rings. The van der Waals surface area contributed by atoms with Crippen LogP contribution in [0.3, 0.4) is 0 Å². The fraction of sp³-hybridized carbons (Fsp3) is 0.667. The van der Waals surface area contributed by atoms with Gasteiger partial charge in [0.1, 0.15) is 0 Å². The standard InChI is InChI=1S/C21H32N2O2/c24-20-10-12-23(13-11-20)16-19-9-5-4-8-18(19)15-22-21(25)14-17-6-2-1-3-7-17/h4-5,8-9,17,20,24H,1-3,6-7,10-16H2,(H,22,25). The Hall–Kier alpha value is -1.39. The van der Waals surface area contributed by atoms with Gasteiger partial charge in [-0.25, -0.2) is 0 Å². The number of benzene rings is 1. The van der Waals surface area contributed by atoms with Gasteiger partial charge in [0.2, 0.25) is 5.91 Å². The van der Waals surface area contributed by atoms with Crippen LogP contribution in [0.5, 0.6) is 0 Å². The Morgan fingerprint density at radius 1 is 1.04 bits per heavy atom. The molecule has 138 valence electrons. The van der Waals surface area contributed by atoms with E-state index in [-0.39, 0.29) is 12.0 Å². The molecule has 1 aliphatic carbocycles. The molecule has 0 radical (unpaired) electrons. The van der Waals surface area contributed by atoms with Gasteiger partial charge < -0.3 is 10.4 Å². The van der Waals surface area contributed by atoms with Crippen molar-refractivity contribution in [3.8, 4) is 0 Å². The summed E-state index contributed by atoms with van der Waals surface area (Å²) >= 11 is 0. The van der Waals surface area contributed by atoms with Gasteiger partial charge in [-0.05, 0) is 42.7 Å². The molecule has 2 aliphatic rings. The smallest absolute Gasteiger partial charge is 0.220 e. The maximum absolute atomic E-state index is 12.3. The van der Waals surface area contributed by atoms with Gasteiger partial charge in [0, 0.05) is 32.6 Å². The molecule has 4 heteroatoms. The maximum atomic E-state index is 12.3. The van der Waals surface area contributed by atoms with Crippen molar-refractivity contribution < 1.29 is 9.90 Å². The van der Waals surface area contributed by atoms with Gasteiger partial charge in [-0.1, -0.05) is 43.5 Å². The van der Waals surface area contributed by atoms with Crippen LogP contribution in [0.25, 0.3) is 0 Å². The maximum Gasteiger partial charge on any atom is 0.220 e. The number of hydrogen-bond acceptors (Lipinski definition) is 3. The zero-order valence-corrected chi connectivity index (χ0v) is 15.3. The van der Waals surface area contributed by atoms with Crippen LogP contribution in [0, 0.1) is 5.92 Å². The van der Waals surface area contributed by atoms with Crippen molar-refractivity contribution in [2.45, 2.75) is 70.6 Å². The van der Waals surface area contributed by atoms with Crippen molar-refractivity contribution >= 4 is 5.91 Å². The summed E-state index contributed by atoms with van der Waals surface area (Å²) in [4.78, 5) is 14.7. The minimum atomic E-state index is -0.134. The Morgan fingerprint density at radius 2 is 1.72 bits per heavy atom. The highest BCUT2D eigenvalue weighted by Crippen LogP contribution is 2.26. The van der Waals surface area contributed by atoms with Crippen molar-refractivity contribution in [1.82, 2.24) is 10.2 Å². The summed E-state index contributed by atoms with van der Waals surface area (Å²) in [6.07, 6.45) is 8.60. The summed E-state index contributed by atoms with van der Waals surface area (Å²) < 4.78 is 0. The van der Waals surface area contributed by atoms with E-state index in [0.717, 1.165) is 32.5 Å². The predicted molar refractivity (Wildman–Crippen MR) is 100.0 cm³/mol. The van der Waals surface area contributed by atoms with Gasteiger partial charge in [-0.3, -0.25) is 9.69 Å². The Morgan fingerprint density at radius 3 is 2.44 bits per heavy atom. The predicted octanol–water partition coefficient (Wildman–Crippen LogP) is 3.23. The minimum Gasteiger partial charge on any atom is -0.393 e. The molecule has 0 bridgehead atoms. The van der Waals surface area contributed by atoms with Crippen molar-refractivity contribution in [2.24, 2.45) is 5.92 Å². The normalized spacial score (nSPS) is 20.5. The molecule has 25 heavy (non-hydrogen) atoms. The second-order valence-corrected chi connectivity index (χ2v) is 7.76. The average Bonchev–Trinajstić information content (AvgIpc) is 2.64. The number of hydrogen-bond donors (Lipinski definition) is 2. The molecule has 0 aromatic heterocycles. The highest BCUT2D eigenvalue weighted by atomic mass is 16.3. The van der Waals surface area contributed by atoms with E-state index in [1.165, 1.54) is 43.2 Å². The van der Waals surface area contributed by atoms with Crippen LogP contribution in [0.2, 0.25) is 0 Å². The Bertz CT molecular complexity index is 547. The summed E-state index contributed by atoms with van der Waals surface area (Å²) in [5.41, 5.74) is 2.50. The monoisotopic (exact) mass is 344 g/mol. The number of aliphatic hydroxyl groups is 1. The molecule has 1 amide bonds. The SMILES string of the molecule is O=C(CC1CCCCC1)NCc1ccccc1CN1CCC(O)CC1. The largest absolute Gasteiger partial charge is 0.393 e. The van der Waals surface area contributed by atoms with E-state index in [4.69, 9.17) is 0 Å². The zero-order chi connectivity index (χ0) is 17.5. The van der Waals surface area contributed by atoms with E-state index in [2.05, 4.69) is 28.4 Å². The van der Waals surface area contributed by atoms with Gasteiger partial charge in [-0.15, -0.1) is 0 Å². The first-order chi connectivity index (χ1) is 12.2. The number of carbonyl (C=O) groups is 1. The first kappa shape index (κ1) is 18.4. The van der Waals surface area contributed by atoms with Gasteiger partial charge in [0.05, 0.1) is 6.10 Å². The third-order valence-electron chi connectivity index (χ3n) is 5.74. The quantitative estimate of drug-likeness (QED) is 0.833. The molecule has 1 heterocycles. The second-order valence-electron chi connectivity index (χ2n) is 7.76. The molecule has 1 saturated heterocycles. The number of nitrogens with zero attached hydrogens (tertiary/aromatic N) is 1. The Balaban J connectivity index is 1.49. The van der Waals surface area contributed by atoms with Gasteiger partial charge in [0.25, 0.3) is 0 Å². The highest BCUT2D eigenvalue weighted by Gasteiger charge is 2.19. The van der Waals surface area contributed by atoms with Crippen LogP contribution in [0.15, 0.2) is 24.3 Å². The molecular weight excluding hydrogens is 312 g/mol. The van der Waals surface area contributed by atoms with Gasteiger partial charge >= 0.3 is 0 Å². The Labute approximate surface area is 151 Å². The van der Waals surface area contributed by atoms with Gasteiger partial charge in [0.15, 0.2) is 0 Å². The number of piperidine rings is 1. The lowest BCUT2D eigenvalue weighted by molar-refractivity contribution is -0.122. The summed E-state index contributed by atoms with van der Waals surface area (Å²) in [6.45, 7) is 3.42. The van der Waals surface area contributed by atoms with E-state index in [0.29, 0.717) is 18.9 Å². The second kappa shape index (κ2) is 9.35. The van der Waals surface area contributed by atoms with E-state index < -0.39 is 0 Å². The molecule has 0 atom stereocenters. The van der Waals surface area contributed by atoms with E-state index in [9.17, 15) is 9.90 Å². The van der Waals surface area contributed by atoms with Crippen molar-refractivity contribution in [3.05, 3.63) is 35.4 Å². The van der Waals surface area contributed by atoms with Crippen LogP contribution in [0.4, 0.5) is 0 Å². The molecule has 1 aliphatic heterocycles. The molecule has 1 aromatic carbocycles. The summed E-state index contributed by atoms with van der Waals surface area (Å²) in [6, 6.07) is 8.40. The number of likely N-dealkylation sites (tertiary alicyclic amines) is 1. The Kier molecular flexibility index (Phi) is 6.88. The number of carbonyl (C=O) groups excluding carboxylic acids is 1. The molecule has 0 unspecified atom stereocenters. The summed E-state index contributed by atoms with van der Waals surface area (Å²) in [5.74, 6) is 0.784. The summed E-state index contributed by atoms with van der Waals surface area (Å²) in [5, 5.41) is 12.8. The number of nitrogens with one attached hydrogen (secondary N) is 1. The fourth-order valence-electron chi connectivity index (χ4n) is 4.12. The summed E-state index contributed by atoms with van der Waals surface area (Å²) in [7, 11) is 0. The highest BCUT2D eigenvalue weighted by molar-refractivity contribution is 5.76. The van der Waals surface area contributed by atoms with Crippen molar-refractivity contribution in [3.63, 3.8) is 0 Å². The lowest BCUT2D eigenvalue weighted by Crippen LogP contribution is -2.35. The van der Waals surface area contributed by atoms with Gasteiger partial charge in [-0.2, -0.15) is 0 Å². The molecule has 4 nitrogen and oxygen atoms in total. The number of rotatable bonds is 6. The fourth-order valence-corrected chi connectivity index (χ4v) is 4.12. The van der Waals surface area contributed by atoms with E-state index in [1.54, 1.807) is 0 Å². The van der Waals surface area contributed by atoms with Crippen molar-refractivity contribution in [2.75, 3.05) is 13.1 Å². The number of amides is 1. The molecular formula is C21H32N2O2. The lowest BCUT2D eigenvalue weighted by atomic mass is 9.87. The van der Waals surface area contributed by atoms with Crippen LogP contribution in [0.1, 0.15) is 62.5 Å². The molecule has 1 saturated carbocycles. The molecule has 2 fully saturated rings. The lowest BCUT2D eigenvalue weighted by Gasteiger charge is -2.30. The van der Waals surface area contributed by atoms with E-state index in [1.807, 2.05) is 6.07 Å². The average molecular weight is 344 g/mol. The third kappa shape index (κ3) is 5.82. The molecule has 0 spiro atoms.